The van der Waals surface area contributed by atoms with E-state index in [0.717, 1.165) is 16.4 Å². The van der Waals surface area contributed by atoms with Crippen LogP contribution in [-0.4, -0.2) is 28.4 Å². The monoisotopic (exact) mass is 643 g/mol. The number of hydrogen-bond acceptors (Lipinski definition) is 4. The first kappa shape index (κ1) is 29.5. The molecule has 2 heterocycles. The second-order valence-corrected chi connectivity index (χ2v) is 9.63. The quantitative estimate of drug-likeness (QED) is 0.249. The van der Waals surface area contributed by atoms with Crippen molar-refractivity contribution in [1.29, 1.82) is 0 Å². The van der Waals surface area contributed by atoms with Crippen LogP contribution in [0.1, 0.15) is 22.9 Å². The van der Waals surface area contributed by atoms with Crippen LogP contribution in [-0.2, 0) is 11.4 Å². The Morgan fingerprint density at radius 2 is 1.97 bits per heavy atom. The maximum Gasteiger partial charge on any atom is 0.313 e. The number of aromatic nitrogens is 2. The molecule has 2 aromatic heterocycles. The zero-order chi connectivity index (χ0) is 26.9. The first-order valence-electron chi connectivity index (χ1n) is 10.9. The van der Waals surface area contributed by atoms with Gasteiger partial charge in [0.15, 0.2) is 11.4 Å². The van der Waals surface area contributed by atoms with Crippen molar-refractivity contribution in [3.05, 3.63) is 92.0 Å². The summed E-state index contributed by atoms with van der Waals surface area (Å²) in [5.74, 6) is -0.652. The average molecular weight is 646 g/mol. The third-order valence-corrected chi connectivity index (χ3v) is 7.39. The smallest absolute Gasteiger partial charge is 0.313 e. The van der Waals surface area contributed by atoms with Crippen molar-refractivity contribution >= 4 is 74.8 Å². The number of nitrogens with one attached hydrogen (secondary N) is 1. The van der Waals surface area contributed by atoms with E-state index < -0.39 is 23.8 Å². The Kier molecular flexibility index (Phi) is 9.48. The van der Waals surface area contributed by atoms with E-state index in [1.165, 1.54) is 30.1 Å². The summed E-state index contributed by atoms with van der Waals surface area (Å²) in [5, 5.41) is 2.87. The Labute approximate surface area is 242 Å². The molecule has 0 aliphatic carbocycles. The molecule has 1 unspecified atom stereocenters. The number of benzene rings is 2. The van der Waals surface area contributed by atoms with Gasteiger partial charge in [-0.05, 0) is 64.8 Å². The minimum Gasteiger partial charge on any atom is -0.485 e. The molecular weight excluding hydrogens is 624 g/mol. The van der Waals surface area contributed by atoms with Gasteiger partial charge in [-0.1, -0.05) is 35.3 Å². The number of anilines is 1. The van der Waals surface area contributed by atoms with Gasteiger partial charge in [-0.25, -0.2) is 14.2 Å². The topological polar surface area (TPSA) is 102 Å². The molecule has 200 valence electrons. The van der Waals surface area contributed by atoms with Crippen molar-refractivity contribution in [2.45, 2.75) is 19.6 Å². The highest BCUT2D eigenvalue weighted by molar-refractivity contribution is 9.10. The van der Waals surface area contributed by atoms with Gasteiger partial charge in [0.05, 0.1) is 16.4 Å². The third kappa shape index (κ3) is 5.99. The molecule has 0 saturated carbocycles. The predicted octanol–water partition coefficient (Wildman–Crippen LogP) is 6.22. The number of halogens is 5. The fourth-order valence-electron chi connectivity index (χ4n) is 3.79. The van der Waals surface area contributed by atoms with E-state index in [2.05, 4.69) is 26.2 Å². The number of pyridine rings is 1. The Morgan fingerprint density at radius 1 is 1.24 bits per heavy atom. The molecule has 0 aliphatic heterocycles. The van der Waals surface area contributed by atoms with Crippen molar-refractivity contribution in [3.8, 4) is 5.75 Å². The third-order valence-electron chi connectivity index (χ3n) is 5.66. The second-order valence-electron chi connectivity index (χ2n) is 8.10. The lowest BCUT2D eigenvalue weighted by Crippen LogP contribution is -2.43. The van der Waals surface area contributed by atoms with Gasteiger partial charge >= 0.3 is 6.03 Å². The van der Waals surface area contributed by atoms with Crippen LogP contribution in [0.15, 0.2) is 59.3 Å². The Balaban J connectivity index is 0.00000400. The molecule has 8 nitrogen and oxygen atoms in total. The van der Waals surface area contributed by atoms with E-state index >= 15 is 0 Å². The molecule has 3 N–H and O–H groups in total. The minimum absolute atomic E-state index is 0. The molecule has 0 bridgehead atoms. The highest BCUT2D eigenvalue weighted by atomic mass is 79.9. The molecule has 13 heteroatoms. The maximum atomic E-state index is 13.8. The summed E-state index contributed by atoms with van der Waals surface area (Å²) in [5.41, 5.74) is 7.65. The van der Waals surface area contributed by atoms with Crippen LogP contribution in [0.4, 0.5) is 14.9 Å². The Hall–Kier alpha value is -3.05. The normalized spacial score (nSPS) is 11.5. The molecule has 4 rings (SSSR count). The summed E-state index contributed by atoms with van der Waals surface area (Å²) in [4.78, 5) is 30.8. The van der Waals surface area contributed by atoms with Crippen LogP contribution >= 0.6 is 51.5 Å². The fraction of sp³-hybridized carbons (Fsp3) is 0.160. The Morgan fingerprint density at radius 3 is 2.66 bits per heavy atom. The summed E-state index contributed by atoms with van der Waals surface area (Å²) in [6.45, 7) is 1.86. The molecule has 0 radical (unpaired) electrons. The van der Waals surface area contributed by atoms with E-state index in [9.17, 15) is 14.0 Å². The van der Waals surface area contributed by atoms with Crippen molar-refractivity contribution in [2.24, 2.45) is 5.73 Å². The number of carbonyl (C=O) groups is 2. The standard InChI is InChI=1S/C25H21BrCl2FN5O3.ClH/c1-13-22(26)34-10-4-7-19(23(34)31-13)37-12-16-17(27)8-9-18(20(16)28)33(2)24(35)21(32-25(30)36)14-5-3-6-15(29)11-14;/h3-11,21H,12H2,1-2H3,(H3,30,32,36);1H. The second kappa shape index (κ2) is 12.2. The Bertz CT molecular complexity index is 1520. The number of aryl methyl sites for hydroxylation is 1. The predicted molar refractivity (Wildman–Crippen MR) is 151 cm³/mol. The number of ether oxygens (including phenoxy) is 1. The number of nitrogens with two attached hydrogens (primary N) is 1. The summed E-state index contributed by atoms with van der Waals surface area (Å²) in [7, 11) is 1.47. The van der Waals surface area contributed by atoms with E-state index in [1.807, 2.05) is 23.6 Å². The molecular formula is C25H22BrCl3FN5O3. The number of likely N-dealkylation sites (N-methyl/N-ethyl adjacent to an activating group) is 1. The number of amides is 3. The summed E-state index contributed by atoms with van der Waals surface area (Å²) < 4.78 is 22.5. The lowest BCUT2D eigenvalue weighted by atomic mass is 10.0. The summed E-state index contributed by atoms with van der Waals surface area (Å²) >= 11 is 16.6. The van der Waals surface area contributed by atoms with Gasteiger partial charge in [-0.15, -0.1) is 12.4 Å². The van der Waals surface area contributed by atoms with E-state index in [-0.39, 0.29) is 29.6 Å². The van der Waals surface area contributed by atoms with E-state index in [1.54, 1.807) is 18.2 Å². The molecule has 4 aromatic rings. The van der Waals surface area contributed by atoms with Crippen molar-refractivity contribution in [3.63, 3.8) is 0 Å². The van der Waals surface area contributed by atoms with E-state index in [4.69, 9.17) is 33.7 Å². The molecule has 38 heavy (non-hydrogen) atoms. The number of carbonyl (C=O) groups excluding carboxylic acids is 2. The molecule has 1 atom stereocenters. The number of urea groups is 1. The first-order chi connectivity index (χ1) is 17.6. The number of fused-ring (bicyclic) bond motifs is 1. The molecule has 0 aliphatic rings. The molecule has 2 aromatic carbocycles. The lowest BCUT2D eigenvalue weighted by molar-refractivity contribution is -0.120. The van der Waals surface area contributed by atoms with Gasteiger partial charge in [0.2, 0.25) is 0 Å². The van der Waals surface area contributed by atoms with Gasteiger partial charge in [-0.2, -0.15) is 0 Å². The SMILES string of the molecule is Cc1nc2c(OCc3c(Cl)ccc(N(C)C(=O)C(NC(N)=O)c4cccc(F)c4)c3Cl)cccn2c1Br.Cl. The van der Waals surface area contributed by atoms with Crippen molar-refractivity contribution < 1.29 is 18.7 Å². The summed E-state index contributed by atoms with van der Waals surface area (Å²) in [6, 6.07) is 9.86. The van der Waals surface area contributed by atoms with Crippen LogP contribution < -0.4 is 20.7 Å². The first-order valence-corrected chi connectivity index (χ1v) is 12.4. The number of nitrogens with zero attached hydrogens (tertiary/aromatic N) is 3. The van der Waals surface area contributed by atoms with Crippen LogP contribution in [0.3, 0.4) is 0 Å². The maximum absolute atomic E-state index is 13.8. The fourth-order valence-corrected chi connectivity index (χ4v) is 4.78. The van der Waals surface area contributed by atoms with Crippen LogP contribution in [0, 0.1) is 12.7 Å². The van der Waals surface area contributed by atoms with Crippen LogP contribution in [0.25, 0.3) is 5.65 Å². The van der Waals surface area contributed by atoms with Crippen LogP contribution in [0.2, 0.25) is 10.0 Å². The van der Waals surface area contributed by atoms with E-state index in [0.29, 0.717) is 27.7 Å². The molecule has 0 spiro atoms. The molecule has 0 saturated heterocycles. The number of imidazole rings is 1. The van der Waals surface area contributed by atoms with Crippen LogP contribution in [0.5, 0.6) is 5.75 Å². The molecule has 0 fully saturated rings. The van der Waals surface area contributed by atoms with Gasteiger partial charge in [0.1, 0.15) is 23.1 Å². The number of rotatable bonds is 7. The number of primary amides is 1. The lowest BCUT2D eigenvalue weighted by Gasteiger charge is -2.26. The zero-order valence-electron chi connectivity index (χ0n) is 20.0. The highest BCUT2D eigenvalue weighted by Crippen LogP contribution is 2.36. The summed E-state index contributed by atoms with van der Waals surface area (Å²) in [6.07, 6.45) is 1.85. The van der Waals surface area contributed by atoms with Gasteiger partial charge < -0.3 is 20.7 Å². The van der Waals surface area contributed by atoms with Crippen molar-refractivity contribution in [2.75, 3.05) is 11.9 Å². The molecule has 3 amide bonds. The van der Waals surface area contributed by atoms with Gasteiger partial charge in [-0.3, -0.25) is 9.20 Å². The van der Waals surface area contributed by atoms with Gasteiger partial charge in [0.25, 0.3) is 5.91 Å². The minimum atomic E-state index is -1.25. The number of hydrogen-bond donors (Lipinski definition) is 2. The average Bonchev–Trinajstić information content (AvgIpc) is 3.15. The van der Waals surface area contributed by atoms with Crippen molar-refractivity contribution in [1.82, 2.24) is 14.7 Å². The highest BCUT2D eigenvalue weighted by Gasteiger charge is 2.28. The zero-order valence-corrected chi connectivity index (χ0v) is 24.0. The van der Waals surface area contributed by atoms with Gasteiger partial charge in [0, 0.05) is 23.8 Å². The largest absolute Gasteiger partial charge is 0.485 e.